The molecule has 1 aromatic heterocycles. The zero-order valence-corrected chi connectivity index (χ0v) is 19.5. The molecule has 0 fully saturated rings. The number of carboxylic acid groups (broad SMARTS) is 1. The standard InChI is InChI=1S/C25H29FN2O5/c1-15-20(13-27-12-18-10-21(31-3)24(33-5)22(11-18)32-4)23(25(29)30)16(2)28(15)14-17-7-6-8-19(26)9-17/h6-11,27H,12-14H2,1-5H3,(H,29,30). The van der Waals surface area contributed by atoms with E-state index in [1.807, 2.05) is 29.7 Å². The van der Waals surface area contributed by atoms with Gasteiger partial charge in [0.05, 0.1) is 26.9 Å². The Kier molecular flexibility index (Phi) is 7.60. The van der Waals surface area contributed by atoms with Crippen LogP contribution in [0.3, 0.4) is 0 Å². The van der Waals surface area contributed by atoms with Crippen molar-refractivity contribution in [1.82, 2.24) is 9.88 Å². The molecular weight excluding hydrogens is 427 g/mol. The van der Waals surface area contributed by atoms with Crippen molar-refractivity contribution >= 4 is 5.97 Å². The number of hydrogen-bond acceptors (Lipinski definition) is 5. The number of nitrogens with one attached hydrogen (secondary N) is 1. The molecule has 176 valence electrons. The van der Waals surface area contributed by atoms with Crippen molar-refractivity contribution in [3.63, 3.8) is 0 Å². The lowest BCUT2D eigenvalue weighted by atomic mass is 10.1. The molecule has 1 heterocycles. The summed E-state index contributed by atoms with van der Waals surface area (Å²) in [5.41, 5.74) is 4.09. The highest BCUT2D eigenvalue weighted by Crippen LogP contribution is 2.38. The molecule has 0 aliphatic carbocycles. The van der Waals surface area contributed by atoms with Gasteiger partial charge in [-0.1, -0.05) is 12.1 Å². The third-order valence-corrected chi connectivity index (χ3v) is 5.71. The number of ether oxygens (including phenoxy) is 3. The van der Waals surface area contributed by atoms with Crippen molar-refractivity contribution in [3.8, 4) is 17.2 Å². The lowest BCUT2D eigenvalue weighted by molar-refractivity contribution is 0.0694. The Balaban J connectivity index is 1.85. The number of nitrogens with zero attached hydrogens (tertiary/aromatic N) is 1. The van der Waals surface area contributed by atoms with Gasteiger partial charge in [-0.05, 0) is 49.2 Å². The summed E-state index contributed by atoms with van der Waals surface area (Å²) in [5.74, 6) is 0.304. The van der Waals surface area contributed by atoms with Crippen molar-refractivity contribution < 1.29 is 28.5 Å². The van der Waals surface area contributed by atoms with Crippen LogP contribution in [0.2, 0.25) is 0 Å². The van der Waals surface area contributed by atoms with Crippen LogP contribution >= 0.6 is 0 Å². The molecule has 0 amide bonds. The highest BCUT2D eigenvalue weighted by Gasteiger charge is 2.22. The normalized spacial score (nSPS) is 10.8. The molecule has 0 aliphatic rings. The first-order chi connectivity index (χ1) is 15.8. The lowest BCUT2D eigenvalue weighted by Gasteiger charge is -2.14. The summed E-state index contributed by atoms with van der Waals surface area (Å²) in [6, 6.07) is 10.0. The van der Waals surface area contributed by atoms with Crippen LogP contribution in [-0.4, -0.2) is 37.0 Å². The Morgan fingerprint density at radius 3 is 2.18 bits per heavy atom. The number of benzene rings is 2. The molecule has 3 rings (SSSR count). The number of halogens is 1. The Hall–Kier alpha value is -3.52. The van der Waals surface area contributed by atoms with E-state index in [4.69, 9.17) is 14.2 Å². The SMILES string of the molecule is COc1cc(CNCc2c(C(=O)O)c(C)n(Cc3cccc(F)c3)c2C)cc(OC)c1OC. The average Bonchev–Trinajstić information content (AvgIpc) is 3.02. The third-order valence-electron chi connectivity index (χ3n) is 5.71. The molecular formula is C25H29FN2O5. The van der Waals surface area contributed by atoms with E-state index >= 15 is 0 Å². The molecule has 0 aliphatic heterocycles. The number of aromatic nitrogens is 1. The molecule has 0 atom stereocenters. The molecule has 0 unspecified atom stereocenters. The first kappa shape index (κ1) is 24.1. The zero-order chi connectivity index (χ0) is 24.1. The number of carbonyl (C=O) groups is 1. The summed E-state index contributed by atoms with van der Waals surface area (Å²) < 4.78 is 31.7. The highest BCUT2D eigenvalue weighted by molar-refractivity contribution is 5.91. The van der Waals surface area contributed by atoms with E-state index < -0.39 is 5.97 Å². The molecule has 8 heteroatoms. The van der Waals surface area contributed by atoms with Crippen LogP contribution in [-0.2, 0) is 19.6 Å². The smallest absolute Gasteiger partial charge is 0.337 e. The van der Waals surface area contributed by atoms with E-state index in [0.29, 0.717) is 48.1 Å². The van der Waals surface area contributed by atoms with Crippen LogP contribution in [0, 0.1) is 19.7 Å². The number of carboxylic acids is 1. The van der Waals surface area contributed by atoms with Gasteiger partial charge in [-0.3, -0.25) is 0 Å². The average molecular weight is 457 g/mol. The minimum Gasteiger partial charge on any atom is -0.493 e. The maximum atomic E-state index is 13.6. The quantitative estimate of drug-likeness (QED) is 0.473. The number of methoxy groups -OCH3 is 3. The minimum atomic E-state index is -0.988. The van der Waals surface area contributed by atoms with Crippen molar-refractivity contribution in [2.75, 3.05) is 21.3 Å². The van der Waals surface area contributed by atoms with Crippen LogP contribution in [0.5, 0.6) is 17.2 Å². The van der Waals surface area contributed by atoms with Gasteiger partial charge in [-0.2, -0.15) is 0 Å². The molecule has 0 radical (unpaired) electrons. The number of rotatable bonds is 10. The highest BCUT2D eigenvalue weighted by atomic mass is 19.1. The topological polar surface area (TPSA) is 82.0 Å². The van der Waals surface area contributed by atoms with Crippen molar-refractivity contribution in [1.29, 1.82) is 0 Å². The molecule has 3 aromatic rings. The van der Waals surface area contributed by atoms with E-state index in [1.165, 1.54) is 12.1 Å². The first-order valence-electron chi connectivity index (χ1n) is 10.5. The Morgan fingerprint density at radius 2 is 1.64 bits per heavy atom. The second kappa shape index (κ2) is 10.4. The Labute approximate surface area is 192 Å². The molecule has 0 bridgehead atoms. The van der Waals surface area contributed by atoms with Crippen LogP contribution in [0.4, 0.5) is 4.39 Å². The summed E-state index contributed by atoms with van der Waals surface area (Å²) in [5, 5.41) is 13.2. The van der Waals surface area contributed by atoms with Gasteiger partial charge in [0.25, 0.3) is 0 Å². The van der Waals surface area contributed by atoms with Crippen LogP contribution in [0.1, 0.15) is 38.4 Å². The molecule has 0 saturated carbocycles. The fraction of sp³-hybridized carbons (Fsp3) is 0.320. The summed E-state index contributed by atoms with van der Waals surface area (Å²) >= 11 is 0. The monoisotopic (exact) mass is 456 g/mol. The van der Waals surface area contributed by atoms with Gasteiger partial charge in [0.15, 0.2) is 11.5 Å². The second-order valence-corrected chi connectivity index (χ2v) is 7.68. The largest absolute Gasteiger partial charge is 0.493 e. The summed E-state index contributed by atoms with van der Waals surface area (Å²) in [6.07, 6.45) is 0. The van der Waals surface area contributed by atoms with E-state index in [9.17, 15) is 14.3 Å². The lowest BCUT2D eigenvalue weighted by Crippen LogP contribution is -2.16. The Morgan fingerprint density at radius 1 is 0.970 bits per heavy atom. The van der Waals surface area contributed by atoms with Gasteiger partial charge in [0.1, 0.15) is 5.82 Å². The van der Waals surface area contributed by atoms with Crippen molar-refractivity contribution in [2.45, 2.75) is 33.5 Å². The van der Waals surface area contributed by atoms with Crippen LogP contribution in [0.25, 0.3) is 0 Å². The van der Waals surface area contributed by atoms with Gasteiger partial charge in [-0.25, -0.2) is 9.18 Å². The second-order valence-electron chi connectivity index (χ2n) is 7.68. The predicted octanol–water partition coefficient (Wildman–Crippen LogP) is 4.31. The summed E-state index contributed by atoms with van der Waals surface area (Å²) in [4.78, 5) is 12.0. The molecule has 0 saturated heterocycles. The molecule has 2 N–H and O–H groups in total. The first-order valence-corrected chi connectivity index (χ1v) is 10.5. The fourth-order valence-corrected chi connectivity index (χ4v) is 4.07. The van der Waals surface area contributed by atoms with Gasteiger partial charge < -0.3 is 29.2 Å². The van der Waals surface area contributed by atoms with E-state index in [1.54, 1.807) is 34.3 Å². The summed E-state index contributed by atoms with van der Waals surface area (Å²) in [6.45, 7) is 4.86. The van der Waals surface area contributed by atoms with E-state index in [2.05, 4.69) is 5.32 Å². The molecule has 33 heavy (non-hydrogen) atoms. The van der Waals surface area contributed by atoms with Crippen molar-refractivity contribution in [2.24, 2.45) is 0 Å². The van der Waals surface area contributed by atoms with Gasteiger partial charge >= 0.3 is 5.97 Å². The van der Waals surface area contributed by atoms with Crippen molar-refractivity contribution in [3.05, 3.63) is 75.9 Å². The maximum absolute atomic E-state index is 13.6. The van der Waals surface area contributed by atoms with Gasteiger partial charge in [-0.15, -0.1) is 0 Å². The zero-order valence-electron chi connectivity index (χ0n) is 19.5. The van der Waals surface area contributed by atoms with Crippen LogP contribution in [0.15, 0.2) is 36.4 Å². The molecule has 0 spiro atoms. The fourth-order valence-electron chi connectivity index (χ4n) is 4.07. The minimum absolute atomic E-state index is 0.265. The van der Waals surface area contributed by atoms with Gasteiger partial charge in [0, 0.05) is 36.6 Å². The summed E-state index contributed by atoms with van der Waals surface area (Å²) in [7, 11) is 4.66. The number of hydrogen-bond donors (Lipinski definition) is 2. The van der Waals surface area contributed by atoms with Gasteiger partial charge in [0.2, 0.25) is 5.75 Å². The van der Waals surface area contributed by atoms with E-state index in [-0.39, 0.29) is 11.4 Å². The predicted molar refractivity (Wildman–Crippen MR) is 123 cm³/mol. The number of aromatic carboxylic acids is 1. The van der Waals surface area contributed by atoms with E-state index in [0.717, 1.165) is 16.8 Å². The maximum Gasteiger partial charge on any atom is 0.337 e. The van der Waals surface area contributed by atoms with Crippen LogP contribution < -0.4 is 19.5 Å². The Bertz CT molecular complexity index is 1130. The molecule has 7 nitrogen and oxygen atoms in total. The molecule has 2 aromatic carbocycles. The third kappa shape index (κ3) is 5.12.